The molecule has 14 heteroatoms. The summed E-state index contributed by atoms with van der Waals surface area (Å²) >= 11 is 1.38. The second-order valence-electron chi connectivity index (χ2n) is 6.63. The van der Waals surface area contributed by atoms with E-state index in [0.717, 1.165) is 6.07 Å². The highest BCUT2D eigenvalue weighted by molar-refractivity contribution is 7.89. The smallest absolute Gasteiger partial charge is 0.286 e. The fourth-order valence-electron chi connectivity index (χ4n) is 2.96. The number of carbonyl (C=O) groups excluding carboxylic acids is 1. The van der Waals surface area contributed by atoms with Crippen molar-refractivity contribution in [2.75, 3.05) is 45.7 Å². The molecule has 0 radical (unpaired) electrons. The Labute approximate surface area is 188 Å². The molecular formula is C18H22N4O8S2. The predicted octanol–water partition coefficient (Wildman–Crippen LogP) is 1.03. The van der Waals surface area contributed by atoms with Gasteiger partial charge in [0.2, 0.25) is 10.0 Å². The van der Waals surface area contributed by atoms with Crippen LogP contribution in [0.1, 0.15) is 16.1 Å². The number of morpholine rings is 1. The van der Waals surface area contributed by atoms with E-state index in [4.69, 9.17) is 14.2 Å². The van der Waals surface area contributed by atoms with Gasteiger partial charge in [-0.2, -0.15) is 4.31 Å². The molecule has 1 aliphatic heterocycles. The molecule has 0 saturated carbocycles. The average molecular weight is 487 g/mol. The zero-order valence-corrected chi connectivity index (χ0v) is 18.8. The summed E-state index contributed by atoms with van der Waals surface area (Å²) in [5, 5.41) is 15.8. The number of hydrogen-bond donors (Lipinski definition) is 1. The number of nitro benzene ring substituents is 1. The van der Waals surface area contributed by atoms with Crippen molar-refractivity contribution in [2.24, 2.45) is 0 Å². The number of nitro groups is 1. The number of amides is 1. The molecule has 1 N–H and O–H groups in total. The van der Waals surface area contributed by atoms with Gasteiger partial charge in [-0.1, -0.05) is 0 Å². The van der Waals surface area contributed by atoms with Crippen molar-refractivity contribution in [3.05, 3.63) is 44.4 Å². The zero-order chi connectivity index (χ0) is 23.1. The third-order valence-corrected chi connectivity index (χ3v) is 7.10. The molecule has 0 aliphatic carbocycles. The Kier molecular flexibility index (Phi) is 7.95. The third kappa shape index (κ3) is 5.91. The van der Waals surface area contributed by atoms with Crippen LogP contribution in [0.4, 0.5) is 5.69 Å². The number of carbonyl (C=O) groups is 1. The van der Waals surface area contributed by atoms with Gasteiger partial charge in [-0.25, -0.2) is 13.4 Å². The van der Waals surface area contributed by atoms with E-state index in [1.54, 1.807) is 10.9 Å². The van der Waals surface area contributed by atoms with Gasteiger partial charge in [-0.15, -0.1) is 11.3 Å². The van der Waals surface area contributed by atoms with Crippen LogP contribution < -0.4 is 14.8 Å². The molecule has 1 amide bonds. The molecule has 32 heavy (non-hydrogen) atoms. The molecule has 1 fully saturated rings. The summed E-state index contributed by atoms with van der Waals surface area (Å²) in [5.74, 6) is -0.924. The fraction of sp³-hybridized carbons (Fsp3) is 0.444. The molecule has 2 aromatic rings. The number of nitrogens with one attached hydrogen (secondary N) is 1. The lowest BCUT2D eigenvalue weighted by Gasteiger charge is -2.26. The second-order valence-corrected chi connectivity index (χ2v) is 9.44. The van der Waals surface area contributed by atoms with Crippen molar-refractivity contribution in [3.8, 4) is 11.5 Å². The van der Waals surface area contributed by atoms with Crippen LogP contribution >= 0.6 is 11.3 Å². The highest BCUT2D eigenvalue weighted by Gasteiger charge is 2.27. The Balaban J connectivity index is 1.70. The summed E-state index contributed by atoms with van der Waals surface area (Å²) in [5.41, 5.74) is 1.51. The Morgan fingerprint density at radius 1 is 1.34 bits per heavy atom. The molecule has 1 saturated heterocycles. The lowest BCUT2D eigenvalue weighted by molar-refractivity contribution is -0.385. The van der Waals surface area contributed by atoms with E-state index in [9.17, 15) is 23.3 Å². The van der Waals surface area contributed by atoms with E-state index in [-0.39, 0.29) is 49.1 Å². The molecule has 0 bridgehead atoms. The Morgan fingerprint density at radius 2 is 2.09 bits per heavy atom. The summed E-state index contributed by atoms with van der Waals surface area (Å²) in [7, 11) is -2.24. The number of sulfonamides is 1. The topological polar surface area (TPSA) is 150 Å². The van der Waals surface area contributed by atoms with E-state index in [0.29, 0.717) is 18.9 Å². The van der Waals surface area contributed by atoms with Gasteiger partial charge in [0.1, 0.15) is 12.2 Å². The molecule has 3 rings (SSSR count). The number of rotatable bonds is 10. The van der Waals surface area contributed by atoms with Crippen molar-refractivity contribution >= 4 is 33.0 Å². The summed E-state index contributed by atoms with van der Waals surface area (Å²) in [4.78, 5) is 27.5. The number of thiazole rings is 1. The molecule has 2 heterocycles. The Morgan fingerprint density at radius 3 is 2.72 bits per heavy atom. The van der Waals surface area contributed by atoms with Crippen LogP contribution in [-0.4, -0.2) is 74.2 Å². The molecule has 1 aromatic heterocycles. The van der Waals surface area contributed by atoms with Crippen LogP contribution in [0.2, 0.25) is 0 Å². The normalized spacial score (nSPS) is 14.7. The quantitative estimate of drug-likeness (QED) is 0.383. The van der Waals surface area contributed by atoms with Crippen molar-refractivity contribution in [1.82, 2.24) is 14.6 Å². The lowest BCUT2D eigenvalue weighted by Crippen LogP contribution is -2.43. The first-order valence-electron chi connectivity index (χ1n) is 9.52. The Hall–Kier alpha value is -2.81. The maximum absolute atomic E-state index is 12.6. The highest BCUT2D eigenvalue weighted by atomic mass is 32.2. The van der Waals surface area contributed by atoms with Crippen LogP contribution in [-0.2, 0) is 21.4 Å². The van der Waals surface area contributed by atoms with Crippen molar-refractivity contribution in [2.45, 2.75) is 6.61 Å². The number of benzene rings is 1. The number of nitrogens with zero attached hydrogens (tertiary/aromatic N) is 3. The van der Waals surface area contributed by atoms with Crippen LogP contribution in [0, 0.1) is 10.1 Å². The van der Waals surface area contributed by atoms with Crippen molar-refractivity contribution in [1.29, 1.82) is 0 Å². The first kappa shape index (κ1) is 23.8. The van der Waals surface area contributed by atoms with E-state index >= 15 is 0 Å². The van der Waals surface area contributed by atoms with E-state index in [1.807, 2.05) is 0 Å². The SMILES string of the molecule is COc1cc(C(=O)NCCS(=O)(=O)N2CCOCC2)c([N+](=O)[O-])cc1OCc1cscn1. The molecule has 174 valence electrons. The summed E-state index contributed by atoms with van der Waals surface area (Å²) in [6, 6.07) is 2.30. The van der Waals surface area contributed by atoms with E-state index in [2.05, 4.69) is 10.3 Å². The van der Waals surface area contributed by atoms with Gasteiger partial charge in [-0.05, 0) is 0 Å². The standard InChI is InChI=1S/C18H22N4O8S2/c1-28-16-8-14(15(22(24)25)9-17(16)30-10-13-11-31-12-20-13)18(23)19-2-7-32(26,27)21-3-5-29-6-4-21/h8-9,11-12H,2-7,10H2,1H3,(H,19,23). The van der Waals surface area contributed by atoms with Crippen LogP contribution in [0.3, 0.4) is 0 Å². The van der Waals surface area contributed by atoms with Crippen LogP contribution in [0.25, 0.3) is 0 Å². The van der Waals surface area contributed by atoms with Gasteiger partial charge in [0.25, 0.3) is 11.6 Å². The first-order valence-corrected chi connectivity index (χ1v) is 12.1. The minimum Gasteiger partial charge on any atom is -0.493 e. The molecule has 12 nitrogen and oxygen atoms in total. The van der Waals surface area contributed by atoms with Gasteiger partial charge in [0.15, 0.2) is 11.5 Å². The number of hydrogen-bond acceptors (Lipinski definition) is 10. The van der Waals surface area contributed by atoms with Gasteiger partial charge in [0, 0.05) is 31.1 Å². The average Bonchev–Trinajstić information content (AvgIpc) is 3.31. The molecular weight excluding hydrogens is 464 g/mol. The molecule has 0 unspecified atom stereocenters. The minimum absolute atomic E-state index is 0.0714. The number of aromatic nitrogens is 1. The van der Waals surface area contributed by atoms with Gasteiger partial charge in [-0.3, -0.25) is 14.9 Å². The Bertz CT molecular complexity index is 1050. The minimum atomic E-state index is -3.58. The van der Waals surface area contributed by atoms with Gasteiger partial charge < -0.3 is 19.5 Å². The number of methoxy groups -OCH3 is 1. The third-order valence-electron chi connectivity index (χ3n) is 4.59. The van der Waals surface area contributed by atoms with E-state index in [1.165, 1.54) is 28.8 Å². The second kappa shape index (κ2) is 10.7. The van der Waals surface area contributed by atoms with Gasteiger partial charge in [0.05, 0.1) is 48.3 Å². The molecule has 1 aliphatic rings. The maximum atomic E-state index is 12.6. The first-order chi connectivity index (χ1) is 15.3. The molecule has 0 spiro atoms. The largest absolute Gasteiger partial charge is 0.493 e. The summed E-state index contributed by atoms with van der Waals surface area (Å²) < 4.78 is 42.0. The summed E-state index contributed by atoms with van der Waals surface area (Å²) in [6.07, 6.45) is 0. The zero-order valence-electron chi connectivity index (χ0n) is 17.2. The van der Waals surface area contributed by atoms with E-state index < -0.39 is 26.5 Å². The summed E-state index contributed by atoms with van der Waals surface area (Å²) in [6.45, 7) is 0.994. The van der Waals surface area contributed by atoms with Crippen LogP contribution in [0.5, 0.6) is 11.5 Å². The maximum Gasteiger partial charge on any atom is 0.286 e. The van der Waals surface area contributed by atoms with Gasteiger partial charge >= 0.3 is 0 Å². The molecule has 1 aromatic carbocycles. The van der Waals surface area contributed by atoms with Crippen molar-refractivity contribution in [3.63, 3.8) is 0 Å². The monoisotopic (exact) mass is 486 g/mol. The highest BCUT2D eigenvalue weighted by Crippen LogP contribution is 2.35. The molecule has 0 atom stereocenters. The fourth-order valence-corrected chi connectivity index (χ4v) is 4.82. The predicted molar refractivity (Wildman–Crippen MR) is 115 cm³/mol. The lowest BCUT2D eigenvalue weighted by atomic mass is 10.1. The van der Waals surface area contributed by atoms with Crippen molar-refractivity contribution < 1.29 is 32.3 Å². The number of ether oxygens (including phenoxy) is 3. The van der Waals surface area contributed by atoms with Crippen LogP contribution in [0.15, 0.2) is 23.0 Å².